The van der Waals surface area contributed by atoms with Crippen LogP contribution in [0.4, 0.5) is 0 Å². The SMILES string of the molecule is Cc1cc(CC2=Cc3nccc(C(=O)O)c3C2)ccc1Cl. The second kappa shape index (κ2) is 5.34. The third kappa shape index (κ3) is 2.69. The van der Waals surface area contributed by atoms with Gasteiger partial charge in [0.1, 0.15) is 0 Å². The van der Waals surface area contributed by atoms with Gasteiger partial charge in [-0.15, -0.1) is 0 Å². The average molecular weight is 300 g/mol. The third-order valence-corrected chi connectivity index (χ3v) is 4.14. The number of hydrogen-bond donors (Lipinski definition) is 1. The van der Waals surface area contributed by atoms with Gasteiger partial charge in [0.15, 0.2) is 0 Å². The summed E-state index contributed by atoms with van der Waals surface area (Å²) in [5.41, 5.74) is 5.33. The summed E-state index contributed by atoms with van der Waals surface area (Å²) in [6.07, 6.45) is 4.97. The first-order valence-electron chi connectivity index (χ1n) is 6.70. The minimum atomic E-state index is -0.898. The van der Waals surface area contributed by atoms with Crippen LogP contribution in [0.15, 0.2) is 36.0 Å². The summed E-state index contributed by atoms with van der Waals surface area (Å²) in [6, 6.07) is 7.53. The van der Waals surface area contributed by atoms with Gasteiger partial charge in [-0.25, -0.2) is 4.79 Å². The third-order valence-electron chi connectivity index (χ3n) is 3.72. The van der Waals surface area contributed by atoms with Crippen molar-refractivity contribution in [3.05, 3.63) is 69.0 Å². The van der Waals surface area contributed by atoms with Gasteiger partial charge in [-0.1, -0.05) is 29.3 Å². The molecule has 1 aliphatic rings. The first kappa shape index (κ1) is 13.8. The number of pyridine rings is 1. The van der Waals surface area contributed by atoms with Gasteiger partial charge in [-0.3, -0.25) is 4.98 Å². The van der Waals surface area contributed by atoms with Crippen molar-refractivity contribution in [2.45, 2.75) is 19.8 Å². The number of halogens is 1. The molecule has 0 radical (unpaired) electrons. The molecular weight excluding hydrogens is 286 g/mol. The molecular formula is C17H14ClNO2. The van der Waals surface area contributed by atoms with Gasteiger partial charge in [-0.2, -0.15) is 0 Å². The average Bonchev–Trinajstić information content (AvgIpc) is 2.84. The van der Waals surface area contributed by atoms with Crippen LogP contribution in [0.1, 0.15) is 32.7 Å². The molecule has 1 N–H and O–H groups in total. The van der Waals surface area contributed by atoms with Crippen LogP contribution in [0, 0.1) is 6.92 Å². The van der Waals surface area contributed by atoms with Crippen LogP contribution in [0.3, 0.4) is 0 Å². The number of hydrogen-bond acceptors (Lipinski definition) is 2. The Hall–Kier alpha value is -2.13. The smallest absolute Gasteiger partial charge is 0.336 e. The number of nitrogens with zero attached hydrogens (tertiary/aromatic N) is 1. The Bertz CT molecular complexity index is 765. The van der Waals surface area contributed by atoms with Gasteiger partial charge < -0.3 is 5.11 Å². The molecule has 0 spiro atoms. The number of carboxylic acids is 1. The summed E-state index contributed by atoms with van der Waals surface area (Å²) in [5, 5.41) is 9.99. The van der Waals surface area contributed by atoms with E-state index in [1.807, 2.05) is 25.1 Å². The largest absolute Gasteiger partial charge is 0.478 e. The number of benzene rings is 1. The Morgan fingerprint density at radius 1 is 1.38 bits per heavy atom. The molecule has 3 rings (SSSR count). The van der Waals surface area contributed by atoms with Gasteiger partial charge in [0, 0.05) is 11.2 Å². The molecule has 1 aromatic heterocycles. The van der Waals surface area contributed by atoms with Gasteiger partial charge >= 0.3 is 5.97 Å². The highest BCUT2D eigenvalue weighted by atomic mass is 35.5. The van der Waals surface area contributed by atoms with E-state index in [-0.39, 0.29) is 0 Å². The molecule has 0 unspecified atom stereocenters. The molecule has 0 saturated heterocycles. The lowest BCUT2D eigenvalue weighted by molar-refractivity contribution is 0.0695. The number of rotatable bonds is 3. The van der Waals surface area contributed by atoms with Crippen LogP contribution < -0.4 is 0 Å². The number of aryl methyl sites for hydroxylation is 1. The molecule has 0 fully saturated rings. The van der Waals surface area contributed by atoms with Crippen molar-refractivity contribution in [3.63, 3.8) is 0 Å². The monoisotopic (exact) mass is 299 g/mol. The predicted octanol–water partition coefficient (Wildman–Crippen LogP) is 3.92. The predicted molar refractivity (Wildman–Crippen MR) is 82.8 cm³/mol. The molecule has 0 amide bonds. The van der Waals surface area contributed by atoms with E-state index in [0.29, 0.717) is 12.0 Å². The van der Waals surface area contributed by atoms with Crippen molar-refractivity contribution < 1.29 is 9.90 Å². The Morgan fingerprint density at radius 3 is 2.90 bits per heavy atom. The van der Waals surface area contributed by atoms with Crippen molar-refractivity contribution >= 4 is 23.6 Å². The minimum absolute atomic E-state index is 0.346. The summed E-state index contributed by atoms with van der Waals surface area (Å²) in [6.45, 7) is 1.98. The number of fused-ring (bicyclic) bond motifs is 1. The summed E-state index contributed by atoms with van der Waals surface area (Å²) >= 11 is 6.04. The molecule has 21 heavy (non-hydrogen) atoms. The standard InChI is InChI=1S/C17H14ClNO2/c1-10-6-11(2-3-15(10)18)7-12-8-14-13(17(20)21)4-5-19-16(14)9-12/h2-6,9H,7-8H2,1H3,(H,20,21). The van der Waals surface area contributed by atoms with E-state index in [1.165, 1.54) is 11.1 Å². The van der Waals surface area contributed by atoms with Crippen molar-refractivity contribution in [1.29, 1.82) is 0 Å². The van der Waals surface area contributed by atoms with E-state index in [0.717, 1.165) is 28.3 Å². The van der Waals surface area contributed by atoms with Crippen LogP contribution in [-0.4, -0.2) is 16.1 Å². The molecule has 0 bridgehead atoms. The fraction of sp³-hybridized carbons (Fsp3) is 0.176. The van der Waals surface area contributed by atoms with E-state index < -0.39 is 5.97 Å². The van der Waals surface area contributed by atoms with Crippen LogP contribution in [-0.2, 0) is 12.8 Å². The maximum Gasteiger partial charge on any atom is 0.336 e. The van der Waals surface area contributed by atoms with E-state index in [2.05, 4.69) is 11.1 Å². The molecule has 0 saturated carbocycles. The first-order valence-corrected chi connectivity index (χ1v) is 7.08. The molecule has 0 atom stereocenters. The Kier molecular flexibility index (Phi) is 3.52. The van der Waals surface area contributed by atoms with Crippen LogP contribution >= 0.6 is 11.6 Å². The van der Waals surface area contributed by atoms with Crippen molar-refractivity contribution in [3.8, 4) is 0 Å². The summed E-state index contributed by atoms with van der Waals surface area (Å²) in [7, 11) is 0. The summed E-state index contributed by atoms with van der Waals surface area (Å²) in [4.78, 5) is 15.5. The minimum Gasteiger partial charge on any atom is -0.478 e. The lowest BCUT2D eigenvalue weighted by atomic mass is 10.0. The first-order chi connectivity index (χ1) is 10.0. The summed E-state index contributed by atoms with van der Waals surface area (Å²) < 4.78 is 0. The van der Waals surface area contributed by atoms with Crippen molar-refractivity contribution in [1.82, 2.24) is 4.98 Å². The summed E-state index contributed by atoms with van der Waals surface area (Å²) in [5.74, 6) is -0.898. The van der Waals surface area contributed by atoms with E-state index in [9.17, 15) is 9.90 Å². The second-order valence-corrected chi connectivity index (χ2v) is 5.67. The molecule has 1 heterocycles. The van der Waals surface area contributed by atoms with Gasteiger partial charge in [-0.05, 0) is 54.7 Å². The van der Waals surface area contributed by atoms with Crippen LogP contribution in [0.25, 0.3) is 6.08 Å². The van der Waals surface area contributed by atoms with Crippen LogP contribution in [0.2, 0.25) is 5.02 Å². The van der Waals surface area contributed by atoms with Crippen molar-refractivity contribution in [2.75, 3.05) is 0 Å². The quantitative estimate of drug-likeness (QED) is 0.934. The number of carbonyl (C=O) groups is 1. The van der Waals surface area contributed by atoms with Crippen molar-refractivity contribution in [2.24, 2.45) is 0 Å². The number of carboxylic acid groups (broad SMARTS) is 1. The topological polar surface area (TPSA) is 50.2 Å². The van der Waals surface area contributed by atoms with E-state index >= 15 is 0 Å². The zero-order valence-electron chi connectivity index (χ0n) is 11.6. The van der Waals surface area contributed by atoms with E-state index in [4.69, 9.17) is 11.6 Å². The highest BCUT2D eigenvalue weighted by Gasteiger charge is 2.20. The van der Waals surface area contributed by atoms with Gasteiger partial charge in [0.05, 0.1) is 11.3 Å². The maximum atomic E-state index is 11.2. The lowest BCUT2D eigenvalue weighted by Gasteiger charge is -2.06. The normalized spacial score (nSPS) is 13.0. The zero-order chi connectivity index (χ0) is 15.0. The highest BCUT2D eigenvalue weighted by Crippen LogP contribution is 2.29. The maximum absolute atomic E-state index is 11.2. The van der Waals surface area contributed by atoms with Gasteiger partial charge in [0.2, 0.25) is 0 Å². The molecule has 2 aromatic rings. The van der Waals surface area contributed by atoms with E-state index in [1.54, 1.807) is 12.3 Å². The molecule has 1 aromatic carbocycles. The molecule has 3 nitrogen and oxygen atoms in total. The Labute approximate surface area is 127 Å². The zero-order valence-corrected chi connectivity index (χ0v) is 12.3. The molecule has 1 aliphatic carbocycles. The second-order valence-electron chi connectivity index (χ2n) is 5.27. The Balaban J connectivity index is 1.85. The lowest BCUT2D eigenvalue weighted by Crippen LogP contribution is -2.03. The fourth-order valence-electron chi connectivity index (χ4n) is 2.68. The molecule has 4 heteroatoms. The fourth-order valence-corrected chi connectivity index (χ4v) is 2.80. The number of aromatic nitrogens is 1. The van der Waals surface area contributed by atoms with Gasteiger partial charge in [0.25, 0.3) is 0 Å². The Morgan fingerprint density at radius 2 is 2.19 bits per heavy atom. The number of allylic oxidation sites excluding steroid dienone is 1. The molecule has 0 aliphatic heterocycles. The number of aromatic carboxylic acids is 1. The van der Waals surface area contributed by atoms with Crippen LogP contribution in [0.5, 0.6) is 0 Å². The highest BCUT2D eigenvalue weighted by molar-refractivity contribution is 6.31. The molecule has 106 valence electrons.